The van der Waals surface area contributed by atoms with Crippen molar-refractivity contribution in [1.29, 1.82) is 0 Å². The second-order valence-electron chi connectivity index (χ2n) is 5.69. The number of pyridine rings is 1. The summed E-state index contributed by atoms with van der Waals surface area (Å²) in [5.74, 6) is 0.113. The average molecular weight is 298 g/mol. The summed E-state index contributed by atoms with van der Waals surface area (Å²) in [5, 5.41) is 13.2. The minimum Gasteiger partial charge on any atom is -0.393 e. The van der Waals surface area contributed by atoms with E-state index in [1.807, 2.05) is 37.3 Å². The fourth-order valence-corrected chi connectivity index (χ4v) is 2.43. The zero-order valence-corrected chi connectivity index (χ0v) is 13.0. The highest BCUT2D eigenvalue weighted by molar-refractivity contribution is 5.95. The minimum atomic E-state index is -0.343. The van der Waals surface area contributed by atoms with E-state index in [1.165, 1.54) is 6.08 Å². The summed E-state index contributed by atoms with van der Waals surface area (Å²) < 4.78 is 0. The number of rotatable bonds is 6. The van der Waals surface area contributed by atoms with Gasteiger partial charge in [-0.25, -0.2) is 0 Å². The fraction of sp³-hybridized carbons (Fsp3) is 0.333. The molecule has 0 aliphatic carbocycles. The lowest BCUT2D eigenvalue weighted by Gasteiger charge is -2.13. The number of aliphatic hydroxyl groups is 1. The lowest BCUT2D eigenvalue weighted by Crippen LogP contribution is -2.27. The maximum Gasteiger partial charge on any atom is 0.244 e. The van der Waals surface area contributed by atoms with Crippen LogP contribution < -0.4 is 5.32 Å². The van der Waals surface area contributed by atoms with Crippen LogP contribution in [0.4, 0.5) is 0 Å². The molecule has 1 aromatic heterocycles. The second-order valence-corrected chi connectivity index (χ2v) is 5.69. The molecule has 0 bridgehead atoms. The number of nitrogens with zero attached hydrogens (tertiary/aromatic N) is 1. The van der Waals surface area contributed by atoms with E-state index in [0.29, 0.717) is 13.0 Å². The molecule has 0 radical (unpaired) electrons. The number of hydrogen-bond acceptors (Lipinski definition) is 3. The van der Waals surface area contributed by atoms with Crippen LogP contribution in [0.3, 0.4) is 0 Å². The standard InChI is InChI=1S/C18H22N2O2/c1-13(11-14(2)21)12-20-17(22)9-8-16-6-3-5-15-7-4-10-19-18(15)16/h3-10,13-14,21H,11-12H2,1-2H3,(H,20,22). The van der Waals surface area contributed by atoms with Gasteiger partial charge in [-0.05, 0) is 31.4 Å². The van der Waals surface area contributed by atoms with Crippen LogP contribution >= 0.6 is 0 Å². The van der Waals surface area contributed by atoms with Gasteiger partial charge in [0.05, 0.1) is 11.6 Å². The summed E-state index contributed by atoms with van der Waals surface area (Å²) in [4.78, 5) is 16.2. The molecule has 4 heteroatoms. The first-order valence-electron chi connectivity index (χ1n) is 7.54. The highest BCUT2D eigenvalue weighted by atomic mass is 16.3. The van der Waals surface area contributed by atoms with Crippen molar-refractivity contribution in [3.8, 4) is 0 Å². The summed E-state index contributed by atoms with van der Waals surface area (Å²) in [6, 6.07) is 9.78. The van der Waals surface area contributed by atoms with Gasteiger partial charge in [0.15, 0.2) is 0 Å². The number of nitrogens with one attached hydrogen (secondary N) is 1. The largest absolute Gasteiger partial charge is 0.393 e. The molecule has 0 spiro atoms. The zero-order chi connectivity index (χ0) is 15.9. The van der Waals surface area contributed by atoms with Crippen molar-refractivity contribution in [2.24, 2.45) is 5.92 Å². The highest BCUT2D eigenvalue weighted by Gasteiger charge is 2.07. The third kappa shape index (κ3) is 4.67. The van der Waals surface area contributed by atoms with Crippen LogP contribution in [0.25, 0.3) is 17.0 Å². The molecular weight excluding hydrogens is 276 g/mol. The van der Waals surface area contributed by atoms with Crippen molar-refractivity contribution >= 4 is 22.9 Å². The third-order valence-corrected chi connectivity index (χ3v) is 3.45. The maximum atomic E-state index is 11.9. The Hall–Kier alpha value is -2.20. The van der Waals surface area contributed by atoms with Crippen molar-refractivity contribution < 1.29 is 9.90 Å². The van der Waals surface area contributed by atoms with E-state index in [-0.39, 0.29) is 17.9 Å². The number of amides is 1. The van der Waals surface area contributed by atoms with Crippen molar-refractivity contribution in [2.45, 2.75) is 26.4 Å². The molecule has 2 N–H and O–H groups in total. The Balaban J connectivity index is 1.97. The number of benzene rings is 1. The molecule has 2 unspecified atom stereocenters. The van der Waals surface area contributed by atoms with Gasteiger partial charge >= 0.3 is 0 Å². The number of aromatic nitrogens is 1. The molecule has 1 heterocycles. The quantitative estimate of drug-likeness (QED) is 0.806. The van der Waals surface area contributed by atoms with Crippen LogP contribution in [0.1, 0.15) is 25.8 Å². The summed E-state index contributed by atoms with van der Waals surface area (Å²) in [7, 11) is 0. The fourth-order valence-electron chi connectivity index (χ4n) is 2.43. The van der Waals surface area contributed by atoms with Gasteiger partial charge in [-0.1, -0.05) is 31.2 Å². The predicted molar refractivity (Wildman–Crippen MR) is 89.2 cm³/mol. The van der Waals surface area contributed by atoms with E-state index in [9.17, 15) is 9.90 Å². The van der Waals surface area contributed by atoms with E-state index >= 15 is 0 Å². The van der Waals surface area contributed by atoms with Gasteiger partial charge in [0, 0.05) is 29.8 Å². The molecule has 2 rings (SSSR count). The Morgan fingerprint density at radius 1 is 1.32 bits per heavy atom. The molecule has 0 saturated carbocycles. The second kappa shape index (κ2) is 7.71. The van der Waals surface area contributed by atoms with Crippen molar-refractivity contribution in [2.75, 3.05) is 6.54 Å². The smallest absolute Gasteiger partial charge is 0.244 e. The monoisotopic (exact) mass is 298 g/mol. The van der Waals surface area contributed by atoms with E-state index in [4.69, 9.17) is 0 Å². The molecule has 2 aromatic rings. The van der Waals surface area contributed by atoms with E-state index in [0.717, 1.165) is 16.5 Å². The molecule has 116 valence electrons. The Morgan fingerprint density at radius 2 is 2.09 bits per heavy atom. The molecule has 0 saturated heterocycles. The lowest BCUT2D eigenvalue weighted by molar-refractivity contribution is -0.116. The van der Waals surface area contributed by atoms with Crippen molar-refractivity contribution in [1.82, 2.24) is 10.3 Å². The number of carbonyl (C=O) groups excluding carboxylic acids is 1. The summed E-state index contributed by atoms with van der Waals surface area (Å²) >= 11 is 0. The minimum absolute atomic E-state index is 0.134. The van der Waals surface area contributed by atoms with E-state index in [1.54, 1.807) is 19.2 Å². The first-order valence-corrected chi connectivity index (χ1v) is 7.54. The van der Waals surface area contributed by atoms with Gasteiger partial charge in [0.1, 0.15) is 0 Å². The van der Waals surface area contributed by atoms with Crippen LogP contribution in [-0.2, 0) is 4.79 Å². The summed E-state index contributed by atoms with van der Waals surface area (Å²) in [5.41, 5.74) is 1.81. The van der Waals surface area contributed by atoms with Crippen LogP contribution in [0.5, 0.6) is 0 Å². The molecular formula is C18H22N2O2. The number of carbonyl (C=O) groups is 1. The van der Waals surface area contributed by atoms with Crippen LogP contribution in [0.2, 0.25) is 0 Å². The maximum absolute atomic E-state index is 11.9. The topological polar surface area (TPSA) is 62.2 Å². The van der Waals surface area contributed by atoms with Crippen molar-refractivity contribution in [3.05, 3.63) is 48.2 Å². The number of hydrogen-bond donors (Lipinski definition) is 2. The van der Waals surface area contributed by atoms with Crippen LogP contribution in [-0.4, -0.2) is 28.6 Å². The average Bonchev–Trinajstić information content (AvgIpc) is 2.50. The van der Waals surface area contributed by atoms with Gasteiger partial charge in [-0.15, -0.1) is 0 Å². The van der Waals surface area contributed by atoms with Gasteiger partial charge in [-0.3, -0.25) is 9.78 Å². The molecule has 0 aliphatic rings. The highest BCUT2D eigenvalue weighted by Crippen LogP contribution is 2.16. The first kappa shape index (κ1) is 16.2. The molecule has 0 aliphatic heterocycles. The first-order chi connectivity index (χ1) is 10.6. The lowest BCUT2D eigenvalue weighted by atomic mass is 10.0. The van der Waals surface area contributed by atoms with Crippen LogP contribution in [0.15, 0.2) is 42.6 Å². The Bertz CT molecular complexity index is 660. The Morgan fingerprint density at radius 3 is 2.86 bits per heavy atom. The van der Waals surface area contributed by atoms with Crippen LogP contribution in [0, 0.1) is 5.92 Å². The van der Waals surface area contributed by atoms with Gasteiger partial charge in [0.25, 0.3) is 0 Å². The van der Waals surface area contributed by atoms with E-state index in [2.05, 4.69) is 10.3 Å². The number of para-hydroxylation sites is 1. The number of aliphatic hydroxyl groups excluding tert-OH is 1. The Kier molecular flexibility index (Phi) is 5.67. The zero-order valence-electron chi connectivity index (χ0n) is 13.0. The summed E-state index contributed by atoms with van der Waals surface area (Å²) in [6.07, 6.45) is 5.39. The SMILES string of the molecule is CC(O)CC(C)CNC(=O)C=Cc1cccc2cccnc12. The predicted octanol–water partition coefficient (Wildman–Crippen LogP) is 2.77. The van der Waals surface area contributed by atoms with Crippen molar-refractivity contribution in [3.63, 3.8) is 0 Å². The summed E-state index contributed by atoms with van der Waals surface area (Å²) in [6.45, 7) is 4.32. The molecule has 22 heavy (non-hydrogen) atoms. The van der Waals surface area contributed by atoms with Gasteiger partial charge in [0.2, 0.25) is 5.91 Å². The Labute approximate surface area is 130 Å². The molecule has 2 atom stereocenters. The molecule has 1 aromatic carbocycles. The van der Waals surface area contributed by atoms with Gasteiger partial charge in [-0.2, -0.15) is 0 Å². The number of fused-ring (bicyclic) bond motifs is 1. The molecule has 4 nitrogen and oxygen atoms in total. The van der Waals surface area contributed by atoms with E-state index < -0.39 is 0 Å². The molecule has 1 amide bonds. The normalized spacial score (nSPS) is 14.1. The van der Waals surface area contributed by atoms with Gasteiger partial charge < -0.3 is 10.4 Å². The molecule has 0 fully saturated rings. The third-order valence-electron chi connectivity index (χ3n) is 3.45.